The highest BCUT2D eigenvalue weighted by Gasteiger charge is 2.43. The van der Waals surface area contributed by atoms with Crippen LogP contribution in [0.4, 0.5) is 10.2 Å². The first-order valence-corrected chi connectivity index (χ1v) is 12.9. The third kappa shape index (κ3) is 7.52. The lowest BCUT2D eigenvalue weighted by Gasteiger charge is -2.20. The van der Waals surface area contributed by atoms with E-state index in [0.717, 1.165) is 4.57 Å². The summed E-state index contributed by atoms with van der Waals surface area (Å²) in [6.07, 6.45) is -3.35. The average molecular weight is 511 g/mol. The number of aromatic nitrogens is 2. The Labute approximate surface area is 174 Å². The molecule has 5 unspecified atom stereocenters. The highest BCUT2D eigenvalue weighted by atomic mass is 31.3. The van der Waals surface area contributed by atoms with E-state index in [-0.39, 0.29) is 6.42 Å². The number of anilines is 1. The van der Waals surface area contributed by atoms with Crippen molar-refractivity contribution in [1.29, 1.82) is 0 Å². The molecule has 0 spiro atoms. The van der Waals surface area contributed by atoms with Crippen LogP contribution in [0.25, 0.3) is 0 Å². The van der Waals surface area contributed by atoms with Gasteiger partial charge in [0.25, 0.3) is 0 Å². The molecule has 0 bridgehead atoms. The molecule has 1 aromatic heterocycles. The molecule has 1 aliphatic rings. The van der Waals surface area contributed by atoms with Crippen molar-refractivity contribution in [2.45, 2.75) is 31.8 Å². The van der Waals surface area contributed by atoms with Crippen LogP contribution < -0.4 is 10.6 Å². The zero-order valence-electron chi connectivity index (χ0n) is 16.3. The summed E-state index contributed by atoms with van der Waals surface area (Å²) >= 11 is 0. The highest BCUT2D eigenvalue weighted by Crippen LogP contribution is 2.66. The lowest BCUT2D eigenvalue weighted by Crippen LogP contribution is -2.32. The Hall–Kier alpha value is -1.02. The molecule has 5 atom stereocenters. The molecule has 1 fully saturated rings. The van der Waals surface area contributed by atoms with Gasteiger partial charge in [0, 0.05) is 32.3 Å². The summed E-state index contributed by atoms with van der Waals surface area (Å²) in [4.78, 5) is 53.2. The number of hydrogen-bond acceptors (Lipinski definition) is 10. The van der Waals surface area contributed by atoms with Crippen molar-refractivity contribution in [1.82, 2.24) is 9.55 Å². The lowest BCUT2D eigenvalue weighted by atomic mass is 10.2. The maximum Gasteiger partial charge on any atom is 0.490 e. The minimum Gasteiger partial charge on any atom is -0.362 e. The van der Waals surface area contributed by atoms with Crippen LogP contribution >= 0.6 is 23.5 Å². The van der Waals surface area contributed by atoms with E-state index in [9.17, 15) is 27.8 Å². The third-order valence-electron chi connectivity index (χ3n) is 3.77. The van der Waals surface area contributed by atoms with Gasteiger partial charge in [-0.3, -0.25) is 9.09 Å². The Kier molecular flexibility index (Phi) is 8.00. The van der Waals surface area contributed by atoms with E-state index in [1.165, 1.54) is 6.20 Å². The number of alkyl halides is 1. The Balaban J connectivity index is 2.05. The third-order valence-corrected chi connectivity index (χ3v) is 7.58. The Bertz CT molecular complexity index is 1010. The van der Waals surface area contributed by atoms with Crippen molar-refractivity contribution in [2.24, 2.45) is 0 Å². The standard InChI is InChI=1S/C12H21FN3O12P3/c1-7-5-16(12(17)14-10(7)15(2)3)11-9(13)4-8(26-11)6-25-30(21,22)28-31(23,24)27-29(18,19)20/h5,8-9,11H,4,6H2,1-3H3,(H,21,22)(H,23,24)(H2,18,19,20). The van der Waals surface area contributed by atoms with Crippen molar-refractivity contribution >= 4 is 29.3 Å². The summed E-state index contributed by atoms with van der Waals surface area (Å²) in [5.41, 5.74) is -0.243. The van der Waals surface area contributed by atoms with Crippen LogP contribution in [0.15, 0.2) is 11.0 Å². The first-order chi connectivity index (χ1) is 14.0. The van der Waals surface area contributed by atoms with Crippen LogP contribution in [0.5, 0.6) is 0 Å². The SMILES string of the molecule is Cc1cn(C2OC(COP(=O)(O)OP(=O)(O)OP(=O)(O)O)CC2F)c(=O)nc1N(C)C. The molecule has 4 N–H and O–H groups in total. The van der Waals surface area contributed by atoms with Crippen LogP contribution in [0.2, 0.25) is 0 Å². The molecule has 19 heteroatoms. The Morgan fingerprint density at radius 2 is 1.84 bits per heavy atom. The summed E-state index contributed by atoms with van der Waals surface area (Å²) in [5.74, 6) is 0.374. The van der Waals surface area contributed by atoms with Crippen LogP contribution in [-0.4, -0.2) is 62.1 Å². The van der Waals surface area contributed by atoms with Gasteiger partial charge in [0.2, 0.25) is 0 Å². The maximum atomic E-state index is 14.4. The molecule has 15 nitrogen and oxygen atoms in total. The van der Waals surface area contributed by atoms with Gasteiger partial charge in [-0.1, -0.05) is 0 Å². The number of halogens is 1. The van der Waals surface area contributed by atoms with Crippen LogP contribution in [-0.2, 0) is 31.6 Å². The normalized spacial score (nSPS) is 25.7. The van der Waals surface area contributed by atoms with E-state index in [2.05, 4.69) is 18.1 Å². The highest BCUT2D eigenvalue weighted by molar-refractivity contribution is 7.66. The fourth-order valence-electron chi connectivity index (χ4n) is 2.73. The molecule has 1 aliphatic heterocycles. The van der Waals surface area contributed by atoms with Gasteiger partial charge in [-0.15, -0.1) is 0 Å². The molecule has 178 valence electrons. The van der Waals surface area contributed by atoms with Gasteiger partial charge in [-0.25, -0.2) is 22.9 Å². The molecule has 1 saturated heterocycles. The average Bonchev–Trinajstić information content (AvgIpc) is 2.92. The van der Waals surface area contributed by atoms with Crippen molar-refractivity contribution in [3.05, 3.63) is 22.2 Å². The molecule has 31 heavy (non-hydrogen) atoms. The zero-order chi connectivity index (χ0) is 23.8. The second-order valence-corrected chi connectivity index (χ2v) is 11.0. The van der Waals surface area contributed by atoms with E-state index in [4.69, 9.17) is 19.4 Å². The second-order valence-electron chi connectivity index (χ2n) is 6.62. The number of aryl methyl sites for hydroxylation is 1. The number of phosphoric acid groups is 3. The van der Waals surface area contributed by atoms with Crippen molar-refractivity contribution in [3.8, 4) is 0 Å². The summed E-state index contributed by atoms with van der Waals surface area (Å²) in [6, 6.07) is 0. The topological polar surface area (TPSA) is 207 Å². The molecule has 2 heterocycles. The van der Waals surface area contributed by atoms with E-state index >= 15 is 0 Å². The molecule has 0 aliphatic carbocycles. The van der Waals surface area contributed by atoms with Gasteiger partial charge in [0.05, 0.1) is 12.7 Å². The number of hydrogen-bond donors (Lipinski definition) is 4. The Morgan fingerprint density at radius 3 is 2.39 bits per heavy atom. The number of nitrogens with zero attached hydrogens (tertiary/aromatic N) is 3. The minimum atomic E-state index is -5.67. The molecule has 0 aromatic carbocycles. The summed E-state index contributed by atoms with van der Waals surface area (Å²) in [7, 11) is -13.2. The van der Waals surface area contributed by atoms with Crippen molar-refractivity contribution < 1.29 is 55.5 Å². The van der Waals surface area contributed by atoms with Gasteiger partial charge < -0.3 is 29.2 Å². The van der Waals surface area contributed by atoms with Gasteiger partial charge in [0.1, 0.15) is 12.0 Å². The zero-order valence-corrected chi connectivity index (χ0v) is 19.0. The maximum absolute atomic E-state index is 14.4. The molecule has 0 saturated carbocycles. The first-order valence-electron chi connectivity index (χ1n) is 8.35. The van der Waals surface area contributed by atoms with Crippen molar-refractivity contribution in [2.75, 3.05) is 25.6 Å². The first kappa shape index (κ1) is 26.2. The fraction of sp³-hybridized carbons (Fsp3) is 0.667. The van der Waals surface area contributed by atoms with Gasteiger partial charge >= 0.3 is 29.2 Å². The molecular weight excluding hydrogens is 490 g/mol. The van der Waals surface area contributed by atoms with E-state index in [1.54, 1.807) is 25.9 Å². The lowest BCUT2D eigenvalue weighted by molar-refractivity contribution is -0.0388. The predicted octanol–water partition coefficient (Wildman–Crippen LogP) is 0.587. The van der Waals surface area contributed by atoms with Crippen LogP contribution in [0.1, 0.15) is 18.2 Å². The number of phosphoric ester groups is 1. The summed E-state index contributed by atoms with van der Waals surface area (Å²) in [6.45, 7) is 0.824. The summed E-state index contributed by atoms with van der Waals surface area (Å²) < 4.78 is 65.9. The molecule has 0 radical (unpaired) electrons. The monoisotopic (exact) mass is 511 g/mol. The van der Waals surface area contributed by atoms with Gasteiger partial charge in [-0.2, -0.15) is 13.6 Å². The van der Waals surface area contributed by atoms with Crippen molar-refractivity contribution in [3.63, 3.8) is 0 Å². The molecule has 1 aromatic rings. The second kappa shape index (κ2) is 9.46. The largest absolute Gasteiger partial charge is 0.490 e. The number of rotatable bonds is 9. The summed E-state index contributed by atoms with van der Waals surface area (Å²) in [5, 5.41) is 0. The minimum absolute atomic E-state index is 0.374. The van der Waals surface area contributed by atoms with E-state index in [0.29, 0.717) is 11.4 Å². The van der Waals surface area contributed by atoms with E-state index < -0.39 is 54.3 Å². The fourth-order valence-corrected chi connectivity index (χ4v) is 5.78. The smallest absolute Gasteiger partial charge is 0.362 e. The van der Waals surface area contributed by atoms with Gasteiger partial charge in [-0.05, 0) is 6.92 Å². The Morgan fingerprint density at radius 1 is 1.23 bits per heavy atom. The predicted molar refractivity (Wildman–Crippen MR) is 101 cm³/mol. The van der Waals surface area contributed by atoms with E-state index in [1.807, 2.05) is 0 Å². The van der Waals surface area contributed by atoms with Crippen LogP contribution in [0, 0.1) is 6.92 Å². The molecular formula is C12H21FN3O12P3. The number of ether oxygens (including phenoxy) is 1. The molecule has 0 amide bonds. The quantitative estimate of drug-likeness (QED) is 0.335. The molecule has 2 rings (SSSR count). The van der Waals surface area contributed by atoms with Gasteiger partial charge in [0.15, 0.2) is 6.23 Å². The van der Waals surface area contributed by atoms with Crippen LogP contribution in [0.3, 0.4) is 0 Å².